The Balaban J connectivity index is 2.18. The number of alkyl halides is 3. The van der Waals surface area contributed by atoms with Crippen LogP contribution in [-0.2, 0) is 19.1 Å². The van der Waals surface area contributed by atoms with Crippen molar-refractivity contribution < 1.29 is 13.2 Å². The first-order valence-corrected chi connectivity index (χ1v) is 8.26. The van der Waals surface area contributed by atoms with Gasteiger partial charge in [-0.25, -0.2) is 0 Å². The molecule has 0 spiro atoms. The Morgan fingerprint density at radius 3 is 2.11 bits per heavy atom. The molecular formula is C21H15F3N2O. The maximum atomic E-state index is 13.4. The maximum absolute atomic E-state index is 13.4. The van der Waals surface area contributed by atoms with Crippen LogP contribution in [0.4, 0.5) is 13.2 Å². The van der Waals surface area contributed by atoms with Crippen molar-refractivity contribution in [3.63, 3.8) is 0 Å². The lowest BCUT2D eigenvalue weighted by Gasteiger charge is -2.17. The molecule has 2 aromatic carbocycles. The molecule has 3 rings (SSSR count). The number of nitrogens with zero attached hydrogens (tertiary/aromatic N) is 2. The summed E-state index contributed by atoms with van der Waals surface area (Å²) in [6.45, 7) is 0.167. The summed E-state index contributed by atoms with van der Waals surface area (Å²) in [4.78, 5) is 12.7. The Labute approximate surface area is 153 Å². The van der Waals surface area contributed by atoms with E-state index in [9.17, 15) is 23.2 Å². The van der Waals surface area contributed by atoms with E-state index in [1.165, 1.54) is 10.6 Å². The minimum Gasteiger partial charge on any atom is -0.307 e. The van der Waals surface area contributed by atoms with E-state index in [4.69, 9.17) is 0 Å². The topological polar surface area (TPSA) is 45.8 Å². The SMILES string of the molecule is N#Cc1c(C(F)(F)F)cc(-c2ccccc2)n(CCc2ccccc2)c1=O. The molecule has 1 heterocycles. The van der Waals surface area contributed by atoms with Crippen LogP contribution in [0.25, 0.3) is 11.3 Å². The van der Waals surface area contributed by atoms with E-state index >= 15 is 0 Å². The van der Waals surface area contributed by atoms with Gasteiger partial charge in [-0.1, -0.05) is 60.7 Å². The fraction of sp³-hybridized carbons (Fsp3) is 0.143. The average molecular weight is 368 g/mol. The Hall–Kier alpha value is -3.33. The van der Waals surface area contributed by atoms with E-state index in [0.29, 0.717) is 12.0 Å². The highest BCUT2D eigenvalue weighted by Gasteiger charge is 2.36. The van der Waals surface area contributed by atoms with E-state index in [1.54, 1.807) is 30.3 Å². The minimum atomic E-state index is -4.79. The summed E-state index contributed by atoms with van der Waals surface area (Å²) in [5.74, 6) is 0. The second kappa shape index (κ2) is 7.50. The van der Waals surface area contributed by atoms with Gasteiger partial charge in [-0.05, 0) is 23.6 Å². The standard InChI is InChI=1S/C21H15F3N2O/c22-21(23,24)18-13-19(16-9-5-2-6-10-16)26(20(27)17(18)14-25)12-11-15-7-3-1-4-8-15/h1-10,13H,11-12H2. The van der Waals surface area contributed by atoms with Crippen LogP contribution in [0, 0.1) is 11.3 Å². The van der Waals surface area contributed by atoms with E-state index in [1.807, 2.05) is 30.3 Å². The summed E-state index contributed by atoms with van der Waals surface area (Å²) >= 11 is 0. The smallest absolute Gasteiger partial charge is 0.307 e. The van der Waals surface area contributed by atoms with Gasteiger partial charge in [0.05, 0.1) is 11.3 Å². The van der Waals surface area contributed by atoms with Crippen molar-refractivity contribution >= 4 is 0 Å². The quantitative estimate of drug-likeness (QED) is 0.673. The molecule has 0 saturated carbocycles. The van der Waals surface area contributed by atoms with Crippen molar-refractivity contribution in [3.05, 3.63) is 93.8 Å². The Morgan fingerprint density at radius 2 is 1.56 bits per heavy atom. The van der Waals surface area contributed by atoms with Gasteiger partial charge in [-0.2, -0.15) is 18.4 Å². The van der Waals surface area contributed by atoms with Gasteiger partial charge in [0.15, 0.2) is 0 Å². The molecule has 0 saturated heterocycles. The van der Waals surface area contributed by atoms with Crippen LogP contribution in [0.2, 0.25) is 0 Å². The molecule has 3 nitrogen and oxygen atoms in total. The summed E-state index contributed by atoms with van der Waals surface area (Å²) in [7, 11) is 0. The van der Waals surface area contributed by atoms with Gasteiger partial charge in [0.1, 0.15) is 11.6 Å². The lowest BCUT2D eigenvalue weighted by Crippen LogP contribution is -2.29. The Bertz CT molecular complexity index is 1030. The van der Waals surface area contributed by atoms with Crippen LogP contribution in [0.3, 0.4) is 0 Å². The minimum absolute atomic E-state index is 0.142. The predicted octanol–water partition coefficient (Wildman–Crippen LogP) is 4.65. The number of hydrogen-bond donors (Lipinski definition) is 0. The Morgan fingerprint density at radius 1 is 0.963 bits per heavy atom. The van der Waals surface area contributed by atoms with E-state index < -0.39 is 22.9 Å². The van der Waals surface area contributed by atoms with Crippen LogP contribution in [-0.4, -0.2) is 4.57 Å². The van der Waals surface area contributed by atoms with Crippen LogP contribution < -0.4 is 5.56 Å². The van der Waals surface area contributed by atoms with Gasteiger partial charge >= 0.3 is 6.18 Å². The third-order valence-electron chi connectivity index (χ3n) is 4.25. The van der Waals surface area contributed by atoms with Crippen molar-refractivity contribution in [2.75, 3.05) is 0 Å². The molecule has 0 aliphatic heterocycles. The average Bonchev–Trinajstić information content (AvgIpc) is 2.67. The van der Waals surface area contributed by atoms with Crippen LogP contribution in [0.5, 0.6) is 0 Å². The third kappa shape index (κ3) is 3.93. The molecule has 0 radical (unpaired) electrons. The molecule has 0 bridgehead atoms. The Kier molecular flexibility index (Phi) is 5.13. The van der Waals surface area contributed by atoms with Crippen molar-refractivity contribution in [3.8, 4) is 17.3 Å². The zero-order valence-electron chi connectivity index (χ0n) is 14.2. The number of hydrogen-bond acceptors (Lipinski definition) is 2. The highest BCUT2D eigenvalue weighted by Crippen LogP contribution is 2.33. The molecule has 0 N–H and O–H groups in total. The molecule has 0 fully saturated rings. The normalized spacial score (nSPS) is 11.2. The number of nitriles is 1. The van der Waals surface area contributed by atoms with E-state index in [0.717, 1.165) is 11.6 Å². The highest BCUT2D eigenvalue weighted by molar-refractivity contribution is 5.62. The van der Waals surface area contributed by atoms with Crippen LogP contribution in [0.15, 0.2) is 71.5 Å². The maximum Gasteiger partial charge on any atom is 0.417 e. The molecule has 0 unspecified atom stereocenters. The molecule has 136 valence electrons. The summed E-state index contributed by atoms with van der Waals surface area (Å²) < 4.78 is 41.4. The predicted molar refractivity (Wildman–Crippen MR) is 96.0 cm³/mol. The molecule has 3 aromatic rings. The molecule has 0 amide bonds. The lowest BCUT2D eigenvalue weighted by atomic mass is 10.0. The number of benzene rings is 2. The van der Waals surface area contributed by atoms with Crippen molar-refractivity contribution in [1.29, 1.82) is 5.26 Å². The first-order chi connectivity index (χ1) is 12.9. The van der Waals surface area contributed by atoms with Crippen molar-refractivity contribution in [2.24, 2.45) is 0 Å². The number of aryl methyl sites for hydroxylation is 1. The van der Waals surface area contributed by atoms with Gasteiger partial charge in [0.25, 0.3) is 5.56 Å². The number of pyridine rings is 1. The summed E-state index contributed by atoms with van der Waals surface area (Å²) in [5.41, 5.74) is -1.44. The van der Waals surface area contributed by atoms with Gasteiger partial charge in [-0.3, -0.25) is 4.79 Å². The van der Waals surface area contributed by atoms with Gasteiger partial charge in [0, 0.05) is 6.54 Å². The van der Waals surface area contributed by atoms with Crippen molar-refractivity contribution in [2.45, 2.75) is 19.1 Å². The van der Waals surface area contributed by atoms with Gasteiger partial charge in [-0.15, -0.1) is 0 Å². The zero-order chi connectivity index (χ0) is 19.4. The molecular weight excluding hydrogens is 353 g/mol. The third-order valence-corrected chi connectivity index (χ3v) is 4.25. The van der Waals surface area contributed by atoms with E-state index in [-0.39, 0.29) is 12.2 Å². The summed E-state index contributed by atoms with van der Waals surface area (Å²) in [6.07, 6.45) is -4.33. The second-order valence-electron chi connectivity index (χ2n) is 5.99. The van der Waals surface area contributed by atoms with Crippen LogP contribution in [0.1, 0.15) is 16.7 Å². The second-order valence-corrected chi connectivity index (χ2v) is 5.99. The zero-order valence-corrected chi connectivity index (χ0v) is 14.2. The lowest BCUT2D eigenvalue weighted by molar-refractivity contribution is -0.137. The fourth-order valence-electron chi connectivity index (χ4n) is 2.93. The first kappa shape index (κ1) is 18.5. The number of halogens is 3. The summed E-state index contributed by atoms with van der Waals surface area (Å²) in [6, 6.07) is 20.0. The largest absolute Gasteiger partial charge is 0.417 e. The fourth-order valence-corrected chi connectivity index (χ4v) is 2.93. The monoisotopic (exact) mass is 368 g/mol. The number of rotatable bonds is 4. The molecule has 1 aromatic heterocycles. The highest BCUT2D eigenvalue weighted by atomic mass is 19.4. The van der Waals surface area contributed by atoms with Crippen molar-refractivity contribution in [1.82, 2.24) is 4.57 Å². The number of aromatic nitrogens is 1. The molecule has 6 heteroatoms. The molecule has 0 atom stereocenters. The first-order valence-electron chi connectivity index (χ1n) is 8.26. The molecule has 0 aliphatic rings. The van der Waals surface area contributed by atoms with Gasteiger partial charge in [0.2, 0.25) is 0 Å². The van der Waals surface area contributed by atoms with Crippen LogP contribution >= 0.6 is 0 Å². The molecule has 27 heavy (non-hydrogen) atoms. The summed E-state index contributed by atoms with van der Waals surface area (Å²) in [5, 5.41) is 9.17. The van der Waals surface area contributed by atoms with Gasteiger partial charge < -0.3 is 4.57 Å². The molecule has 0 aliphatic carbocycles. The van der Waals surface area contributed by atoms with E-state index in [2.05, 4.69) is 0 Å².